The van der Waals surface area contributed by atoms with E-state index in [0.717, 1.165) is 56.4 Å². The summed E-state index contributed by atoms with van der Waals surface area (Å²) in [6.07, 6.45) is 1.80. The highest BCUT2D eigenvalue weighted by Crippen LogP contribution is 2.62. The molecule has 2 aliphatic rings. The molecule has 1 aliphatic carbocycles. The predicted octanol–water partition coefficient (Wildman–Crippen LogP) is 11.0. The molecule has 0 bridgehead atoms. The monoisotopic (exact) mass is 639 g/mol. The molecule has 0 radical (unpaired) electrons. The van der Waals surface area contributed by atoms with Crippen molar-refractivity contribution in [2.24, 2.45) is 0 Å². The summed E-state index contributed by atoms with van der Waals surface area (Å²) in [4.78, 5) is 14.6. The van der Waals surface area contributed by atoms with Crippen molar-refractivity contribution in [1.29, 1.82) is 0 Å². The van der Waals surface area contributed by atoms with Gasteiger partial charge in [-0.1, -0.05) is 133 Å². The van der Waals surface area contributed by atoms with E-state index in [2.05, 4.69) is 120 Å². The number of fused-ring (bicyclic) bond motifs is 9. The maximum absolute atomic E-state index is 6.77. The fourth-order valence-electron chi connectivity index (χ4n) is 7.86. The molecule has 10 rings (SSSR count). The predicted molar refractivity (Wildman–Crippen MR) is 199 cm³/mol. The van der Waals surface area contributed by atoms with Crippen LogP contribution in [0, 0.1) is 0 Å². The van der Waals surface area contributed by atoms with E-state index in [-0.39, 0.29) is 0 Å². The third-order valence-corrected chi connectivity index (χ3v) is 10.0. The zero-order valence-electron chi connectivity index (χ0n) is 27.0. The first kappa shape index (κ1) is 28.4. The second-order valence-electron chi connectivity index (χ2n) is 12.8. The molecule has 4 heteroatoms. The van der Waals surface area contributed by atoms with Crippen LogP contribution in [0.15, 0.2) is 176 Å². The van der Waals surface area contributed by atoms with Crippen LogP contribution in [0.4, 0.5) is 0 Å². The van der Waals surface area contributed by atoms with Gasteiger partial charge in [0.25, 0.3) is 0 Å². The van der Waals surface area contributed by atoms with Gasteiger partial charge in [-0.05, 0) is 69.8 Å². The minimum absolute atomic E-state index is 0.478. The van der Waals surface area contributed by atoms with Crippen LogP contribution in [0.3, 0.4) is 0 Å². The molecule has 0 atom stereocenters. The second kappa shape index (κ2) is 11.2. The van der Waals surface area contributed by atoms with Crippen LogP contribution >= 0.6 is 0 Å². The number of benzene rings is 6. The Kier molecular flexibility index (Phi) is 6.36. The molecular weight excluding hydrogens is 611 g/mol. The number of nitrogens with zero attached hydrogens (tertiary/aromatic N) is 3. The molecule has 4 nitrogen and oxygen atoms in total. The van der Waals surface area contributed by atoms with Crippen molar-refractivity contribution in [2.75, 3.05) is 0 Å². The van der Waals surface area contributed by atoms with Gasteiger partial charge in [0.2, 0.25) is 0 Å². The Labute approximate surface area is 290 Å². The number of ether oxygens (including phenoxy) is 1. The molecule has 6 aromatic carbocycles. The van der Waals surface area contributed by atoms with Crippen molar-refractivity contribution < 1.29 is 4.74 Å². The maximum Gasteiger partial charge on any atom is 0.160 e. The van der Waals surface area contributed by atoms with Crippen molar-refractivity contribution in [2.45, 2.75) is 5.41 Å². The molecule has 8 aromatic rings. The third kappa shape index (κ3) is 4.28. The lowest BCUT2D eigenvalue weighted by Gasteiger charge is -2.39. The molecule has 1 aliphatic heterocycles. The molecule has 234 valence electrons. The number of pyridine rings is 1. The SMILES string of the molecule is c1ccc(-c2nc(-c3cccc(-c4ccc5c(c4)Oc4ccccc4C54c5ccccc5-c5ccccc54)c3)cc(-c3ccccn3)n2)cc1. The molecule has 0 unspecified atom stereocenters. The van der Waals surface area contributed by atoms with Crippen LogP contribution in [-0.2, 0) is 5.41 Å². The van der Waals surface area contributed by atoms with Gasteiger partial charge >= 0.3 is 0 Å². The average Bonchev–Trinajstić information content (AvgIpc) is 3.49. The summed E-state index contributed by atoms with van der Waals surface area (Å²) in [6.45, 7) is 0. The van der Waals surface area contributed by atoms with Crippen LogP contribution in [0.25, 0.3) is 56.3 Å². The Morgan fingerprint density at radius 1 is 0.380 bits per heavy atom. The number of aromatic nitrogens is 3. The van der Waals surface area contributed by atoms with E-state index in [1.807, 2.05) is 54.6 Å². The van der Waals surface area contributed by atoms with E-state index < -0.39 is 5.41 Å². The fraction of sp³-hybridized carbons (Fsp3) is 0.0217. The zero-order chi connectivity index (χ0) is 33.1. The third-order valence-electron chi connectivity index (χ3n) is 10.0. The van der Waals surface area contributed by atoms with Gasteiger partial charge in [-0.25, -0.2) is 9.97 Å². The summed E-state index contributed by atoms with van der Waals surface area (Å²) in [6, 6.07) is 59.4. The van der Waals surface area contributed by atoms with Gasteiger partial charge in [0, 0.05) is 28.5 Å². The summed E-state index contributed by atoms with van der Waals surface area (Å²) in [5.41, 5.74) is 13.5. The highest BCUT2D eigenvalue weighted by atomic mass is 16.5. The van der Waals surface area contributed by atoms with Gasteiger partial charge in [-0.2, -0.15) is 0 Å². The number of rotatable bonds is 4. The summed E-state index contributed by atoms with van der Waals surface area (Å²) in [5, 5.41) is 0. The lowest BCUT2D eigenvalue weighted by Crippen LogP contribution is -2.32. The molecule has 0 amide bonds. The van der Waals surface area contributed by atoms with Crippen LogP contribution in [0.5, 0.6) is 11.5 Å². The minimum Gasteiger partial charge on any atom is -0.457 e. The molecule has 3 heterocycles. The summed E-state index contributed by atoms with van der Waals surface area (Å²) < 4.78 is 6.77. The minimum atomic E-state index is -0.478. The van der Waals surface area contributed by atoms with Crippen molar-refractivity contribution in [3.05, 3.63) is 198 Å². The highest BCUT2D eigenvalue weighted by molar-refractivity contribution is 5.89. The zero-order valence-corrected chi connectivity index (χ0v) is 27.0. The molecule has 0 saturated heterocycles. The van der Waals surface area contributed by atoms with E-state index in [0.29, 0.717) is 5.82 Å². The molecule has 0 N–H and O–H groups in total. The van der Waals surface area contributed by atoms with Crippen molar-refractivity contribution in [3.63, 3.8) is 0 Å². The molecule has 1 spiro atoms. The molecule has 0 fully saturated rings. The van der Waals surface area contributed by atoms with Crippen molar-refractivity contribution in [1.82, 2.24) is 15.0 Å². The Balaban J connectivity index is 1.12. The van der Waals surface area contributed by atoms with Gasteiger partial charge in [0.05, 0.1) is 22.5 Å². The van der Waals surface area contributed by atoms with E-state index in [9.17, 15) is 0 Å². The largest absolute Gasteiger partial charge is 0.457 e. The standard InChI is InChI=1S/C46H29N3O/c1-2-13-30(14-3-1)45-48-41(29-42(49-45)40-22-10-11-26-47-40)33-16-12-15-31(27-33)32-24-25-39-44(28-32)50-43-23-9-8-21-38(43)46(39)36-19-6-4-17-34(36)35-18-5-7-20-37(35)46/h1-29H. The smallest absolute Gasteiger partial charge is 0.160 e. The lowest BCUT2D eigenvalue weighted by atomic mass is 9.66. The maximum atomic E-state index is 6.77. The van der Waals surface area contributed by atoms with Crippen molar-refractivity contribution in [3.8, 4) is 67.8 Å². The topological polar surface area (TPSA) is 47.9 Å². The van der Waals surface area contributed by atoms with Crippen molar-refractivity contribution >= 4 is 0 Å². The molecule has 0 saturated carbocycles. The highest BCUT2D eigenvalue weighted by Gasteiger charge is 2.50. The van der Waals surface area contributed by atoms with E-state index in [1.165, 1.54) is 27.8 Å². The van der Waals surface area contributed by atoms with Gasteiger partial charge in [-0.15, -0.1) is 0 Å². The fourth-order valence-corrected chi connectivity index (χ4v) is 7.86. The lowest BCUT2D eigenvalue weighted by molar-refractivity contribution is 0.436. The Hall–Kier alpha value is -6.65. The van der Waals surface area contributed by atoms with Crippen LogP contribution in [-0.4, -0.2) is 15.0 Å². The van der Waals surface area contributed by atoms with Crippen LogP contribution in [0.1, 0.15) is 22.3 Å². The van der Waals surface area contributed by atoms with E-state index in [4.69, 9.17) is 14.7 Å². The Morgan fingerprint density at radius 2 is 1.00 bits per heavy atom. The Bertz CT molecular complexity index is 2480. The summed E-state index contributed by atoms with van der Waals surface area (Å²) in [5.74, 6) is 2.41. The second-order valence-corrected chi connectivity index (χ2v) is 12.8. The first-order chi connectivity index (χ1) is 24.8. The van der Waals surface area contributed by atoms with Gasteiger partial charge in [0.15, 0.2) is 5.82 Å². The number of para-hydroxylation sites is 1. The van der Waals surface area contributed by atoms with Gasteiger partial charge in [0.1, 0.15) is 11.5 Å². The normalized spacial score (nSPS) is 13.1. The van der Waals surface area contributed by atoms with Gasteiger partial charge in [-0.3, -0.25) is 4.98 Å². The molecule has 50 heavy (non-hydrogen) atoms. The molecular formula is C46H29N3O. The Morgan fingerprint density at radius 3 is 1.78 bits per heavy atom. The number of hydrogen-bond donors (Lipinski definition) is 0. The summed E-state index contributed by atoms with van der Waals surface area (Å²) >= 11 is 0. The van der Waals surface area contributed by atoms with Crippen LogP contribution in [0.2, 0.25) is 0 Å². The van der Waals surface area contributed by atoms with Crippen LogP contribution < -0.4 is 4.74 Å². The molecule has 2 aromatic heterocycles. The quantitative estimate of drug-likeness (QED) is 0.192. The van der Waals surface area contributed by atoms with E-state index in [1.54, 1.807) is 6.20 Å². The van der Waals surface area contributed by atoms with E-state index >= 15 is 0 Å². The number of hydrogen-bond acceptors (Lipinski definition) is 4. The summed E-state index contributed by atoms with van der Waals surface area (Å²) in [7, 11) is 0. The van der Waals surface area contributed by atoms with Gasteiger partial charge < -0.3 is 4.74 Å². The first-order valence-corrected chi connectivity index (χ1v) is 16.9. The first-order valence-electron chi connectivity index (χ1n) is 16.9. The average molecular weight is 640 g/mol.